The average molecular weight is 374 g/mol. The molecule has 4 heteroatoms. The molecule has 0 spiro atoms. The molecule has 3 nitrogen and oxygen atoms in total. The molecule has 28 heavy (non-hydrogen) atoms. The molecule has 0 saturated carbocycles. The second kappa shape index (κ2) is 8.34. The van der Waals surface area contributed by atoms with Gasteiger partial charge in [0, 0.05) is 30.3 Å². The number of aromatic nitrogens is 1. The fourth-order valence-corrected chi connectivity index (χ4v) is 3.83. The maximum absolute atomic E-state index is 14.1. The highest BCUT2D eigenvalue weighted by atomic mass is 19.1. The third kappa shape index (κ3) is 4.11. The molecule has 1 atom stereocenters. The first kappa shape index (κ1) is 18.4. The Balaban J connectivity index is 1.50. The van der Waals surface area contributed by atoms with Gasteiger partial charge in [-0.2, -0.15) is 0 Å². The fourth-order valence-electron chi connectivity index (χ4n) is 3.83. The third-order valence-electron chi connectivity index (χ3n) is 5.31. The van der Waals surface area contributed by atoms with E-state index in [4.69, 9.17) is 4.98 Å². The van der Waals surface area contributed by atoms with E-state index in [0.29, 0.717) is 24.2 Å². The molecule has 2 aromatic carbocycles. The summed E-state index contributed by atoms with van der Waals surface area (Å²) >= 11 is 0. The van der Waals surface area contributed by atoms with Gasteiger partial charge in [-0.05, 0) is 42.7 Å². The lowest BCUT2D eigenvalue weighted by Gasteiger charge is -2.32. The summed E-state index contributed by atoms with van der Waals surface area (Å²) in [5, 5.41) is 0. The second-order valence-electron chi connectivity index (χ2n) is 7.27. The lowest BCUT2D eigenvalue weighted by molar-refractivity contribution is -0.131. The summed E-state index contributed by atoms with van der Waals surface area (Å²) in [6.07, 6.45) is 2.37. The van der Waals surface area contributed by atoms with Gasteiger partial charge in [0.15, 0.2) is 0 Å². The molecular weight excluding hydrogens is 351 g/mol. The molecule has 1 fully saturated rings. The fraction of sp³-hybridized carbons (Fsp3) is 0.250. The van der Waals surface area contributed by atoms with E-state index in [2.05, 4.69) is 0 Å². The summed E-state index contributed by atoms with van der Waals surface area (Å²) in [6, 6.07) is 22.3. The monoisotopic (exact) mass is 374 g/mol. The number of halogens is 1. The smallest absolute Gasteiger partial charge is 0.227 e. The van der Waals surface area contributed by atoms with E-state index >= 15 is 0 Å². The summed E-state index contributed by atoms with van der Waals surface area (Å²) in [5.74, 6) is 0.0665. The molecule has 3 aromatic rings. The van der Waals surface area contributed by atoms with Crippen LogP contribution in [0.2, 0.25) is 0 Å². The van der Waals surface area contributed by atoms with Gasteiger partial charge >= 0.3 is 0 Å². The Labute approximate surface area is 164 Å². The minimum Gasteiger partial charge on any atom is -0.342 e. The average Bonchev–Trinajstić information content (AvgIpc) is 2.75. The molecule has 1 aliphatic heterocycles. The molecule has 1 aromatic heterocycles. The zero-order valence-corrected chi connectivity index (χ0v) is 15.7. The Morgan fingerprint density at radius 2 is 1.79 bits per heavy atom. The van der Waals surface area contributed by atoms with Crippen LogP contribution in [0.3, 0.4) is 0 Å². The highest BCUT2D eigenvalue weighted by Gasteiger charge is 2.26. The van der Waals surface area contributed by atoms with Crippen LogP contribution in [0.25, 0.3) is 11.3 Å². The maximum atomic E-state index is 14.1. The molecule has 0 radical (unpaired) electrons. The number of carbonyl (C=O) groups is 1. The first-order chi connectivity index (χ1) is 13.7. The van der Waals surface area contributed by atoms with Crippen molar-refractivity contribution >= 4 is 5.91 Å². The van der Waals surface area contributed by atoms with Gasteiger partial charge in [-0.3, -0.25) is 9.78 Å². The van der Waals surface area contributed by atoms with E-state index in [9.17, 15) is 9.18 Å². The van der Waals surface area contributed by atoms with Gasteiger partial charge < -0.3 is 4.90 Å². The van der Waals surface area contributed by atoms with Crippen LogP contribution in [0.1, 0.15) is 30.0 Å². The van der Waals surface area contributed by atoms with E-state index < -0.39 is 0 Å². The first-order valence-electron chi connectivity index (χ1n) is 9.74. The zero-order chi connectivity index (χ0) is 19.3. The lowest BCUT2D eigenvalue weighted by Crippen LogP contribution is -2.40. The highest BCUT2D eigenvalue weighted by Crippen LogP contribution is 2.28. The van der Waals surface area contributed by atoms with Crippen molar-refractivity contribution in [3.8, 4) is 11.3 Å². The van der Waals surface area contributed by atoms with E-state index in [1.54, 1.807) is 12.1 Å². The third-order valence-corrected chi connectivity index (χ3v) is 5.31. The van der Waals surface area contributed by atoms with Gasteiger partial charge in [-0.25, -0.2) is 4.39 Å². The minimum absolute atomic E-state index is 0.154. The number of pyridine rings is 1. The van der Waals surface area contributed by atoms with Crippen LogP contribution in [-0.4, -0.2) is 28.9 Å². The molecule has 0 N–H and O–H groups in total. The van der Waals surface area contributed by atoms with Gasteiger partial charge in [0.05, 0.1) is 12.1 Å². The molecule has 0 bridgehead atoms. The van der Waals surface area contributed by atoms with E-state index in [0.717, 1.165) is 30.6 Å². The Morgan fingerprint density at radius 3 is 2.61 bits per heavy atom. The van der Waals surface area contributed by atoms with Crippen LogP contribution in [0.15, 0.2) is 72.8 Å². The predicted molar refractivity (Wildman–Crippen MR) is 108 cm³/mol. The second-order valence-corrected chi connectivity index (χ2v) is 7.27. The van der Waals surface area contributed by atoms with E-state index in [-0.39, 0.29) is 17.6 Å². The summed E-state index contributed by atoms with van der Waals surface area (Å²) in [4.78, 5) is 19.4. The summed E-state index contributed by atoms with van der Waals surface area (Å²) in [6.45, 7) is 1.45. The number of rotatable bonds is 4. The van der Waals surface area contributed by atoms with Crippen LogP contribution in [0.4, 0.5) is 4.39 Å². The van der Waals surface area contributed by atoms with Crippen LogP contribution in [-0.2, 0) is 11.2 Å². The van der Waals surface area contributed by atoms with Crippen LogP contribution in [0.5, 0.6) is 0 Å². The van der Waals surface area contributed by atoms with Crippen molar-refractivity contribution in [1.29, 1.82) is 0 Å². The van der Waals surface area contributed by atoms with Gasteiger partial charge in [0.1, 0.15) is 5.82 Å². The quantitative estimate of drug-likeness (QED) is 0.655. The van der Waals surface area contributed by atoms with Crippen molar-refractivity contribution in [2.24, 2.45) is 0 Å². The standard InChI is InChI=1S/C24H23FN2O/c25-21-12-5-4-11-20(21)23-14-6-13-22(26-23)19-10-7-15-27(17-19)24(28)16-18-8-2-1-3-9-18/h1-6,8-9,11-14,19H,7,10,15-17H2/t19-/m1/s1. The highest BCUT2D eigenvalue weighted by molar-refractivity contribution is 5.79. The number of hydrogen-bond donors (Lipinski definition) is 0. The lowest BCUT2D eigenvalue weighted by atomic mass is 9.93. The van der Waals surface area contributed by atoms with Crippen molar-refractivity contribution in [3.63, 3.8) is 0 Å². The maximum Gasteiger partial charge on any atom is 0.227 e. The minimum atomic E-state index is -0.268. The van der Waals surface area contributed by atoms with Crippen molar-refractivity contribution in [2.75, 3.05) is 13.1 Å². The topological polar surface area (TPSA) is 33.2 Å². The first-order valence-corrected chi connectivity index (χ1v) is 9.74. The summed E-state index contributed by atoms with van der Waals surface area (Å²) in [5.41, 5.74) is 3.12. The molecule has 2 heterocycles. The molecule has 0 unspecified atom stereocenters. The molecule has 1 aliphatic rings. The molecule has 1 amide bonds. The number of likely N-dealkylation sites (tertiary alicyclic amines) is 1. The SMILES string of the molecule is O=C(Cc1ccccc1)N1CCC[C@@H](c2cccc(-c3ccccc3F)n2)C1. The molecular formula is C24H23FN2O. The van der Waals surface area contributed by atoms with Crippen LogP contribution in [0, 0.1) is 5.82 Å². The number of piperidine rings is 1. The van der Waals surface area contributed by atoms with Gasteiger partial charge in [-0.15, -0.1) is 0 Å². The number of nitrogens with zero attached hydrogens (tertiary/aromatic N) is 2. The Bertz CT molecular complexity index is 958. The summed E-state index contributed by atoms with van der Waals surface area (Å²) < 4.78 is 14.1. The van der Waals surface area contributed by atoms with E-state index in [1.807, 2.05) is 59.5 Å². The van der Waals surface area contributed by atoms with Crippen molar-refractivity contribution < 1.29 is 9.18 Å². The number of amides is 1. The van der Waals surface area contributed by atoms with Crippen LogP contribution < -0.4 is 0 Å². The van der Waals surface area contributed by atoms with E-state index in [1.165, 1.54) is 6.07 Å². The normalized spacial score (nSPS) is 16.8. The van der Waals surface area contributed by atoms with Gasteiger partial charge in [-0.1, -0.05) is 48.5 Å². The van der Waals surface area contributed by atoms with Crippen molar-refractivity contribution in [2.45, 2.75) is 25.2 Å². The van der Waals surface area contributed by atoms with Gasteiger partial charge in [0.2, 0.25) is 5.91 Å². The Kier molecular flexibility index (Phi) is 5.47. The number of benzene rings is 2. The molecule has 4 rings (SSSR count). The summed E-state index contributed by atoms with van der Waals surface area (Å²) in [7, 11) is 0. The zero-order valence-electron chi connectivity index (χ0n) is 15.7. The molecule has 0 aliphatic carbocycles. The molecule has 1 saturated heterocycles. The number of hydrogen-bond acceptors (Lipinski definition) is 2. The molecule has 142 valence electrons. The Morgan fingerprint density at radius 1 is 1.00 bits per heavy atom. The van der Waals surface area contributed by atoms with Crippen molar-refractivity contribution in [1.82, 2.24) is 9.88 Å². The number of carbonyl (C=O) groups excluding carboxylic acids is 1. The predicted octanol–water partition coefficient (Wildman–Crippen LogP) is 4.84. The van der Waals surface area contributed by atoms with Crippen LogP contribution >= 0.6 is 0 Å². The van der Waals surface area contributed by atoms with Gasteiger partial charge in [0.25, 0.3) is 0 Å². The van der Waals surface area contributed by atoms with Crippen molar-refractivity contribution in [3.05, 3.63) is 89.9 Å². The Hall–Kier alpha value is -3.01. The largest absolute Gasteiger partial charge is 0.342 e.